The second-order valence-electron chi connectivity index (χ2n) is 5.12. The van der Waals surface area contributed by atoms with Gasteiger partial charge in [0.25, 0.3) is 0 Å². The average molecular weight is 210 g/mol. The van der Waals surface area contributed by atoms with Crippen LogP contribution in [0.1, 0.15) is 45.4 Å². The van der Waals surface area contributed by atoms with Crippen LogP contribution in [-0.4, -0.2) is 25.0 Å². The number of hydrogen-bond donors (Lipinski definition) is 2. The van der Waals surface area contributed by atoms with Crippen LogP contribution >= 0.6 is 0 Å². The molecule has 3 heteroatoms. The molecule has 0 aromatic heterocycles. The number of carbonyl (C=O) groups excluding carboxylic acids is 1. The highest BCUT2D eigenvalue weighted by Crippen LogP contribution is 2.44. The van der Waals surface area contributed by atoms with Crippen molar-refractivity contribution in [3.8, 4) is 0 Å². The molecule has 1 heterocycles. The summed E-state index contributed by atoms with van der Waals surface area (Å²) in [6.45, 7) is 4.13. The zero-order valence-electron chi connectivity index (χ0n) is 9.64. The molecule has 1 aliphatic heterocycles. The van der Waals surface area contributed by atoms with Crippen molar-refractivity contribution in [3.05, 3.63) is 0 Å². The maximum Gasteiger partial charge on any atom is 0.237 e. The fraction of sp³-hybridized carbons (Fsp3) is 0.917. The number of amides is 1. The lowest BCUT2D eigenvalue weighted by atomic mass is 9.66. The standard InChI is InChI=1S/C12H22N2O/c1-2-5-12(6-3-7-12)9-14-11(15)10-4-8-13-10/h10,13H,2-9H2,1H3,(H,14,15)/t10-/m1/s1. The van der Waals surface area contributed by atoms with Crippen molar-refractivity contribution in [1.29, 1.82) is 0 Å². The molecule has 86 valence electrons. The highest BCUT2D eigenvalue weighted by molar-refractivity contribution is 5.82. The van der Waals surface area contributed by atoms with Crippen LogP contribution in [0.3, 0.4) is 0 Å². The molecule has 2 fully saturated rings. The fourth-order valence-corrected chi connectivity index (χ4v) is 2.63. The summed E-state index contributed by atoms with van der Waals surface area (Å²) in [4.78, 5) is 11.6. The van der Waals surface area contributed by atoms with Gasteiger partial charge in [0.2, 0.25) is 5.91 Å². The monoisotopic (exact) mass is 210 g/mol. The number of carbonyl (C=O) groups is 1. The molecule has 15 heavy (non-hydrogen) atoms. The van der Waals surface area contributed by atoms with Gasteiger partial charge in [0.1, 0.15) is 0 Å². The van der Waals surface area contributed by atoms with Crippen LogP contribution in [0.25, 0.3) is 0 Å². The van der Waals surface area contributed by atoms with E-state index in [9.17, 15) is 4.79 Å². The minimum Gasteiger partial charge on any atom is -0.354 e. The maximum atomic E-state index is 11.6. The summed E-state index contributed by atoms with van der Waals surface area (Å²) >= 11 is 0. The lowest BCUT2D eigenvalue weighted by molar-refractivity contribution is -0.125. The highest BCUT2D eigenvalue weighted by atomic mass is 16.2. The van der Waals surface area contributed by atoms with Gasteiger partial charge in [0.05, 0.1) is 6.04 Å². The molecule has 0 radical (unpaired) electrons. The number of hydrogen-bond acceptors (Lipinski definition) is 2. The summed E-state index contributed by atoms with van der Waals surface area (Å²) in [5, 5.41) is 6.25. The van der Waals surface area contributed by atoms with Gasteiger partial charge in [0, 0.05) is 6.54 Å². The Hall–Kier alpha value is -0.570. The van der Waals surface area contributed by atoms with E-state index in [2.05, 4.69) is 17.6 Å². The first kappa shape index (κ1) is 10.9. The van der Waals surface area contributed by atoms with Gasteiger partial charge < -0.3 is 10.6 Å². The summed E-state index contributed by atoms with van der Waals surface area (Å²) in [6.07, 6.45) is 7.46. The van der Waals surface area contributed by atoms with Crippen LogP contribution in [-0.2, 0) is 4.79 Å². The lowest BCUT2D eigenvalue weighted by Gasteiger charge is -2.42. The highest BCUT2D eigenvalue weighted by Gasteiger charge is 2.36. The van der Waals surface area contributed by atoms with Crippen molar-refractivity contribution in [3.63, 3.8) is 0 Å². The second-order valence-corrected chi connectivity index (χ2v) is 5.12. The fourth-order valence-electron chi connectivity index (χ4n) is 2.63. The zero-order chi connectivity index (χ0) is 10.7. The van der Waals surface area contributed by atoms with E-state index in [1.807, 2.05) is 0 Å². The molecule has 2 aliphatic rings. The summed E-state index contributed by atoms with van der Waals surface area (Å²) in [5.41, 5.74) is 0.453. The van der Waals surface area contributed by atoms with Gasteiger partial charge in [-0.2, -0.15) is 0 Å². The molecule has 1 saturated heterocycles. The molecule has 0 spiro atoms. The Morgan fingerprint density at radius 2 is 2.27 bits per heavy atom. The van der Waals surface area contributed by atoms with Crippen LogP contribution in [0.2, 0.25) is 0 Å². The van der Waals surface area contributed by atoms with Crippen LogP contribution in [0.5, 0.6) is 0 Å². The van der Waals surface area contributed by atoms with Crippen molar-refractivity contribution in [1.82, 2.24) is 10.6 Å². The van der Waals surface area contributed by atoms with Crippen molar-refractivity contribution in [2.75, 3.05) is 13.1 Å². The van der Waals surface area contributed by atoms with Gasteiger partial charge in [-0.15, -0.1) is 0 Å². The molecule has 3 nitrogen and oxygen atoms in total. The van der Waals surface area contributed by atoms with E-state index in [1.165, 1.54) is 32.1 Å². The van der Waals surface area contributed by atoms with Gasteiger partial charge in [-0.05, 0) is 37.6 Å². The van der Waals surface area contributed by atoms with Crippen LogP contribution < -0.4 is 10.6 Å². The second kappa shape index (κ2) is 4.52. The lowest BCUT2D eigenvalue weighted by Crippen LogP contribution is -2.55. The van der Waals surface area contributed by atoms with E-state index in [0.717, 1.165) is 19.5 Å². The minimum absolute atomic E-state index is 0.101. The molecule has 0 aromatic rings. The predicted octanol–water partition coefficient (Wildman–Crippen LogP) is 1.43. The third-order valence-corrected chi connectivity index (χ3v) is 3.97. The number of rotatable bonds is 5. The first-order valence-electron chi connectivity index (χ1n) is 6.27. The smallest absolute Gasteiger partial charge is 0.237 e. The maximum absolute atomic E-state index is 11.6. The molecule has 0 unspecified atom stereocenters. The van der Waals surface area contributed by atoms with Crippen molar-refractivity contribution >= 4 is 5.91 Å². The number of nitrogens with one attached hydrogen (secondary N) is 2. The van der Waals surface area contributed by atoms with Crippen LogP contribution in [0, 0.1) is 5.41 Å². The van der Waals surface area contributed by atoms with Crippen molar-refractivity contribution in [2.45, 2.75) is 51.5 Å². The molecule has 0 bridgehead atoms. The van der Waals surface area contributed by atoms with E-state index in [-0.39, 0.29) is 11.9 Å². The molecule has 1 saturated carbocycles. The Bertz CT molecular complexity index is 232. The minimum atomic E-state index is 0.101. The SMILES string of the molecule is CCCC1(CNC(=O)[C@H]2CCN2)CCC1. The third-order valence-electron chi connectivity index (χ3n) is 3.97. The Morgan fingerprint density at radius 1 is 1.53 bits per heavy atom. The third kappa shape index (κ3) is 2.33. The van der Waals surface area contributed by atoms with E-state index >= 15 is 0 Å². The molecule has 0 aromatic carbocycles. The Morgan fingerprint density at radius 3 is 2.67 bits per heavy atom. The molecular formula is C12H22N2O. The molecule has 1 atom stereocenters. The Balaban J connectivity index is 1.73. The first-order chi connectivity index (χ1) is 7.26. The first-order valence-corrected chi connectivity index (χ1v) is 6.27. The molecule has 1 amide bonds. The van der Waals surface area contributed by atoms with Crippen molar-refractivity contribution in [2.24, 2.45) is 5.41 Å². The van der Waals surface area contributed by atoms with E-state index < -0.39 is 0 Å². The quantitative estimate of drug-likeness (QED) is 0.721. The van der Waals surface area contributed by atoms with Crippen LogP contribution in [0.15, 0.2) is 0 Å². The summed E-state index contributed by atoms with van der Waals surface area (Å²) in [5.74, 6) is 0.212. The van der Waals surface area contributed by atoms with Crippen LogP contribution in [0.4, 0.5) is 0 Å². The molecule has 2 N–H and O–H groups in total. The molecular weight excluding hydrogens is 188 g/mol. The summed E-state index contributed by atoms with van der Waals surface area (Å²) < 4.78 is 0. The van der Waals surface area contributed by atoms with Gasteiger partial charge in [-0.3, -0.25) is 4.79 Å². The van der Waals surface area contributed by atoms with E-state index in [0.29, 0.717) is 5.41 Å². The topological polar surface area (TPSA) is 41.1 Å². The summed E-state index contributed by atoms with van der Waals surface area (Å²) in [7, 11) is 0. The predicted molar refractivity (Wildman–Crippen MR) is 60.6 cm³/mol. The molecule has 1 aliphatic carbocycles. The average Bonchev–Trinajstić information content (AvgIpc) is 2.06. The van der Waals surface area contributed by atoms with Gasteiger partial charge in [-0.1, -0.05) is 19.8 Å². The Kier molecular flexibility index (Phi) is 3.29. The Labute approximate surface area is 92.0 Å². The van der Waals surface area contributed by atoms with Gasteiger partial charge in [-0.25, -0.2) is 0 Å². The largest absolute Gasteiger partial charge is 0.354 e. The van der Waals surface area contributed by atoms with Crippen molar-refractivity contribution < 1.29 is 4.79 Å². The van der Waals surface area contributed by atoms with E-state index in [1.54, 1.807) is 0 Å². The van der Waals surface area contributed by atoms with Gasteiger partial charge in [0.15, 0.2) is 0 Å². The summed E-state index contributed by atoms with van der Waals surface area (Å²) in [6, 6.07) is 0.101. The molecule has 2 rings (SSSR count). The van der Waals surface area contributed by atoms with E-state index in [4.69, 9.17) is 0 Å². The normalized spacial score (nSPS) is 27.7. The van der Waals surface area contributed by atoms with Gasteiger partial charge >= 0.3 is 0 Å². The zero-order valence-corrected chi connectivity index (χ0v) is 9.64.